The Bertz CT molecular complexity index is 423. The van der Waals surface area contributed by atoms with E-state index in [-0.39, 0.29) is 12.5 Å². The van der Waals surface area contributed by atoms with Gasteiger partial charge in [-0.1, -0.05) is 22.9 Å². The summed E-state index contributed by atoms with van der Waals surface area (Å²) in [6, 6.07) is 6.10. The van der Waals surface area contributed by atoms with Gasteiger partial charge in [0.2, 0.25) is 5.91 Å². The molecule has 4 nitrogen and oxygen atoms in total. The second-order valence-corrected chi connectivity index (χ2v) is 5.35. The number of carbonyl (C=O) groups is 1. The molecule has 0 heterocycles. The SMILES string of the molecule is CCCNCc1cc(Br)ccc1N(CC)CC(N)=O. The summed E-state index contributed by atoms with van der Waals surface area (Å²) < 4.78 is 1.04. The number of benzene rings is 1. The molecule has 0 aromatic heterocycles. The molecule has 0 atom stereocenters. The molecule has 106 valence electrons. The Morgan fingerprint density at radius 1 is 1.42 bits per heavy atom. The zero-order chi connectivity index (χ0) is 14.3. The summed E-state index contributed by atoms with van der Waals surface area (Å²) in [5, 5.41) is 3.39. The third-order valence-electron chi connectivity index (χ3n) is 2.85. The number of rotatable bonds is 8. The van der Waals surface area contributed by atoms with Crippen molar-refractivity contribution >= 4 is 27.5 Å². The molecule has 0 spiro atoms. The summed E-state index contributed by atoms with van der Waals surface area (Å²) in [5.74, 6) is -0.308. The Morgan fingerprint density at radius 3 is 2.74 bits per heavy atom. The van der Waals surface area contributed by atoms with Gasteiger partial charge in [0, 0.05) is 23.2 Å². The van der Waals surface area contributed by atoms with E-state index in [1.807, 2.05) is 24.0 Å². The molecule has 0 aliphatic carbocycles. The van der Waals surface area contributed by atoms with Crippen LogP contribution in [0.25, 0.3) is 0 Å². The number of halogens is 1. The lowest BCUT2D eigenvalue weighted by Gasteiger charge is -2.24. The maximum atomic E-state index is 11.1. The minimum absolute atomic E-state index is 0.249. The molecule has 0 aliphatic heterocycles. The lowest BCUT2D eigenvalue weighted by molar-refractivity contribution is -0.116. The van der Waals surface area contributed by atoms with Gasteiger partial charge in [0.15, 0.2) is 0 Å². The van der Waals surface area contributed by atoms with E-state index in [4.69, 9.17) is 5.73 Å². The quantitative estimate of drug-likeness (QED) is 0.720. The van der Waals surface area contributed by atoms with Gasteiger partial charge < -0.3 is 16.0 Å². The van der Waals surface area contributed by atoms with Crippen LogP contribution in [-0.2, 0) is 11.3 Å². The van der Waals surface area contributed by atoms with Crippen LogP contribution in [0.5, 0.6) is 0 Å². The molecular formula is C14H22BrN3O. The van der Waals surface area contributed by atoms with Crippen molar-refractivity contribution in [3.8, 4) is 0 Å². The van der Waals surface area contributed by atoms with Gasteiger partial charge in [-0.25, -0.2) is 0 Å². The molecule has 0 fully saturated rings. The highest BCUT2D eigenvalue weighted by molar-refractivity contribution is 9.10. The number of nitrogens with two attached hydrogens (primary N) is 1. The first kappa shape index (κ1) is 16.0. The first-order valence-electron chi connectivity index (χ1n) is 6.60. The van der Waals surface area contributed by atoms with Crippen molar-refractivity contribution in [2.45, 2.75) is 26.8 Å². The average molecular weight is 328 g/mol. The van der Waals surface area contributed by atoms with Crippen molar-refractivity contribution < 1.29 is 4.79 Å². The maximum Gasteiger partial charge on any atom is 0.236 e. The molecule has 0 bridgehead atoms. The zero-order valence-electron chi connectivity index (χ0n) is 11.6. The molecule has 19 heavy (non-hydrogen) atoms. The van der Waals surface area contributed by atoms with Crippen LogP contribution in [-0.4, -0.2) is 25.5 Å². The van der Waals surface area contributed by atoms with Crippen LogP contribution in [0.15, 0.2) is 22.7 Å². The van der Waals surface area contributed by atoms with Crippen molar-refractivity contribution in [1.29, 1.82) is 0 Å². The minimum atomic E-state index is -0.308. The van der Waals surface area contributed by atoms with Gasteiger partial charge in [0.05, 0.1) is 6.54 Å². The number of hydrogen-bond acceptors (Lipinski definition) is 3. The number of carbonyl (C=O) groups excluding carboxylic acids is 1. The third kappa shape index (κ3) is 5.20. The maximum absolute atomic E-state index is 11.1. The monoisotopic (exact) mass is 327 g/mol. The number of primary amides is 1. The van der Waals surface area contributed by atoms with Crippen LogP contribution in [0.1, 0.15) is 25.8 Å². The summed E-state index contributed by atoms with van der Waals surface area (Å²) in [7, 11) is 0. The van der Waals surface area contributed by atoms with E-state index in [9.17, 15) is 4.79 Å². The normalized spacial score (nSPS) is 10.5. The van der Waals surface area contributed by atoms with E-state index in [0.717, 1.165) is 36.2 Å². The van der Waals surface area contributed by atoms with Gasteiger partial charge in [0.1, 0.15) is 0 Å². The number of hydrogen-bond donors (Lipinski definition) is 2. The van der Waals surface area contributed by atoms with Gasteiger partial charge in [0.25, 0.3) is 0 Å². The van der Waals surface area contributed by atoms with Crippen LogP contribution in [0, 0.1) is 0 Å². The smallest absolute Gasteiger partial charge is 0.236 e. The molecule has 5 heteroatoms. The van der Waals surface area contributed by atoms with Gasteiger partial charge in [-0.2, -0.15) is 0 Å². The average Bonchev–Trinajstić information content (AvgIpc) is 2.37. The fourth-order valence-corrected chi connectivity index (χ4v) is 2.37. The molecule has 0 radical (unpaired) electrons. The summed E-state index contributed by atoms with van der Waals surface area (Å²) in [6.45, 7) is 6.94. The molecule has 1 amide bonds. The standard InChI is InChI=1S/C14H22BrN3O/c1-3-7-17-9-11-8-12(15)5-6-13(11)18(4-2)10-14(16)19/h5-6,8,17H,3-4,7,9-10H2,1-2H3,(H2,16,19). The molecular weight excluding hydrogens is 306 g/mol. The number of amides is 1. The number of anilines is 1. The van der Waals surface area contributed by atoms with Crippen molar-refractivity contribution in [3.05, 3.63) is 28.2 Å². The summed E-state index contributed by atoms with van der Waals surface area (Å²) in [4.78, 5) is 13.1. The van der Waals surface area contributed by atoms with Crippen LogP contribution in [0.4, 0.5) is 5.69 Å². The Hall–Kier alpha value is -1.07. The van der Waals surface area contributed by atoms with Crippen molar-refractivity contribution in [1.82, 2.24) is 5.32 Å². The largest absolute Gasteiger partial charge is 0.368 e. The third-order valence-corrected chi connectivity index (χ3v) is 3.35. The summed E-state index contributed by atoms with van der Waals surface area (Å²) >= 11 is 3.49. The van der Waals surface area contributed by atoms with Crippen molar-refractivity contribution in [3.63, 3.8) is 0 Å². The van der Waals surface area contributed by atoms with Gasteiger partial charge in [-0.3, -0.25) is 4.79 Å². The highest BCUT2D eigenvalue weighted by Crippen LogP contribution is 2.24. The molecule has 0 aliphatic rings. The van der Waals surface area contributed by atoms with Gasteiger partial charge in [-0.15, -0.1) is 0 Å². The topological polar surface area (TPSA) is 58.4 Å². The highest BCUT2D eigenvalue weighted by atomic mass is 79.9. The first-order chi connectivity index (χ1) is 9.08. The van der Waals surface area contributed by atoms with E-state index in [1.54, 1.807) is 0 Å². The van der Waals surface area contributed by atoms with Crippen LogP contribution in [0.2, 0.25) is 0 Å². The molecule has 1 aromatic carbocycles. The van der Waals surface area contributed by atoms with Crippen LogP contribution < -0.4 is 16.0 Å². The Balaban J connectivity index is 2.92. The predicted octanol–water partition coefficient (Wildman–Crippen LogP) is 2.26. The predicted molar refractivity (Wildman–Crippen MR) is 83.2 cm³/mol. The van der Waals surface area contributed by atoms with E-state index < -0.39 is 0 Å². The molecule has 1 rings (SSSR count). The van der Waals surface area contributed by atoms with Crippen LogP contribution in [0.3, 0.4) is 0 Å². The van der Waals surface area contributed by atoms with E-state index in [1.165, 1.54) is 5.56 Å². The Kier molecular flexibility index (Phi) is 6.87. The first-order valence-corrected chi connectivity index (χ1v) is 7.40. The van der Waals surface area contributed by atoms with E-state index in [0.29, 0.717) is 0 Å². The molecule has 3 N–H and O–H groups in total. The number of likely N-dealkylation sites (N-methyl/N-ethyl adjacent to an activating group) is 1. The number of nitrogens with one attached hydrogen (secondary N) is 1. The molecule has 0 saturated heterocycles. The highest BCUT2D eigenvalue weighted by Gasteiger charge is 2.12. The molecule has 0 saturated carbocycles. The Labute approximate surface area is 123 Å². The summed E-state index contributed by atoms with van der Waals surface area (Å²) in [5.41, 5.74) is 7.54. The lowest BCUT2D eigenvalue weighted by Crippen LogP contribution is -2.34. The number of nitrogens with zero attached hydrogens (tertiary/aromatic N) is 1. The van der Waals surface area contributed by atoms with E-state index in [2.05, 4.69) is 34.2 Å². The van der Waals surface area contributed by atoms with Crippen LogP contribution >= 0.6 is 15.9 Å². The molecule has 1 aromatic rings. The molecule has 0 unspecified atom stereocenters. The van der Waals surface area contributed by atoms with Gasteiger partial charge >= 0.3 is 0 Å². The lowest BCUT2D eigenvalue weighted by atomic mass is 10.1. The fourth-order valence-electron chi connectivity index (χ4n) is 1.96. The second kappa shape index (κ2) is 8.17. The van der Waals surface area contributed by atoms with Crippen molar-refractivity contribution in [2.75, 3.05) is 24.5 Å². The minimum Gasteiger partial charge on any atom is -0.368 e. The Morgan fingerprint density at radius 2 is 2.16 bits per heavy atom. The second-order valence-electron chi connectivity index (χ2n) is 4.43. The van der Waals surface area contributed by atoms with Gasteiger partial charge in [-0.05, 0) is 43.7 Å². The fraction of sp³-hybridized carbons (Fsp3) is 0.500. The zero-order valence-corrected chi connectivity index (χ0v) is 13.2. The van der Waals surface area contributed by atoms with Crippen molar-refractivity contribution in [2.24, 2.45) is 5.73 Å². The summed E-state index contributed by atoms with van der Waals surface area (Å²) in [6.07, 6.45) is 1.10. The van der Waals surface area contributed by atoms with E-state index >= 15 is 0 Å².